The second-order valence-corrected chi connectivity index (χ2v) is 6.45. The van der Waals surface area contributed by atoms with Gasteiger partial charge in [0.25, 0.3) is 0 Å². The molecule has 1 aromatic carbocycles. The van der Waals surface area contributed by atoms with Gasteiger partial charge in [0.15, 0.2) is 0 Å². The minimum absolute atomic E-state index is 0.0786. The Balaban J connectivity index is 2.00. The van der Waals surface area contributed by atoms with Crippen LogP contribution in [-0.2, 0) is 0 Å². The van der Waals surface area contributed by atoms with Gasteiger partial charge in [-0.05, 0) is 43.5 Å². The molecule has 0 radical (unpaired) electrons. The number of rotatable bonds is 2. The van der Waals surface area contributed by atoms with Crippen molar-refractivity contribution in [2.45, 2.75) is 26.7 Å². The summed E-state index contributed by atoms with van der Waals surface area (Å²) in [5, 5.41) is 10.6. The molecule has 1 unspecified atom stereocenters. The highest BCUT2D eigenvalue weighted by molar-refractivity contribution is 5.84. The quantitative estimate of drug-likeness (QED) is 0.921. The van der Waals surface area contributed by atoms with Crippen molar-refractivity contribution in [2.75, 3.05) is 24.6 Å². The van der Waals surface area contributed by atoms with E-state index in [-0.39, 0.29) is 17.8 Å². The van der Waals surface area contributed by atoms with Crippen molar-refractivity contribution in [3.8, 4) is 0 Å². The van der Waals surface area contributed by atoms with Gasteiger partial charge in [-0.2, -0.15) is 0 Å². The van der Waals surface area contributed by atoms with Gasteiger partial charge in [-0.3, -0.25) is 0 Å². The van der Waals surface area contributed by atoms with E-state index in [0.29, 0.717) is 5.52 Å². The Morgan fingerprint density at radius 2 is 2.19 bits per heavy atom. The summed E-state index contributed by atoms with van der Waals surface area (Å²) in [4.78, 5) is 6.83. The van der Waals surface area contributed by atoms with E-state index in [2.05, 4.69) is 22.9 Å². The number of piperidine rings is 1. The molecule has 4 heteroatoms. The lowest BCUT2D eigenvalue weighted by Crippen LogP contribution is -2.44. The summed E-state index contributed by atoms with van der Waals surface area (Å²) in [6.45, 7) is 6.04. The van der Waals surface area contributed by atoms with E-state index in [1.165, 1.54) is 12.1 Å². The number of nitrogens with zero attached hydrogens (tertiary/aromatic N) is 2. The summed E-state index contributed by atoms with van der Waals surface area (Å²) < 4.78 is 13.4. The maximum absolute atomic E-state index is 13.4. The Kier molecular flexibility index (Phi) is 3.57. The number of hydrogen-bond donors (Lipinski definition) is 1. The molecule has 0 bridgehead atoms. The van der Waals surface area contributed by atoms with Crippen molar-refractivity contribution in [2.24, 2.45) is 5.41 Å². The molecule has 21 heavy (non-hydrogen) atoms. The van der Waals surface area contributed by atoms with Crippen LogP contribution in [0.5, 0.6) is 0 Å². The van der Waals surface area contributed by atoms with Crippen LogP contribution in [0.15, 0.2) is 24.3 Å². The van der Waals surface area contributed by atoms with Gasteiger partial charge in [0.1, 0.15) is 11.6 Å². The number of aromatic nitrogens is 1. The van der Waals surface area contributed by atoms with Gasteiger partial charge in [-0.1, -0.05) is 6.92 Å². The smallest absolute Gasteiger partial charge is 0.129 e. The van der Waals surface area contributed by atoms with Crippen LogP contribution in [-0.4, -0.2) is 29.8 Å². The summed E-state index contributed by atoms with van der Waals surface area (Å²) in [6.07, 6.45) is 2.07. The van der Waals surface area contributed by atoms with Gasteiger partial charge in [0.05, 0.1) is 12.1 Å². The predicted octanol–water partition coefficient (Wildman–Crippen LogP) is 3.28. The summed E-state index contributed by atoms with van der Waals surface area (Å²) in [5.41, 5.74) is 1.72. The standard InChI is InChI=1S/C17H21FN2O/c1-12-8-16(19-15-9-13(18)4-5-14(12)15)20-7-3-6-17(2,10-20)11-21/h4-5,8-9,21H,3,6-7,10-11H2,1-2H3. The first kappa shape index (κ1) is 14.3. The van der Waals surface area contributed by atoms with Crippen molar-refractivity contribution >= 4 is 16.7 Å². The fraction of sp³-hybridized carbons (Fsp3) is 0.471. The first-order chi connectivity index (χ1) is 10.0. The number of benzene rings is 1. The van der Waals surface area contributed by atoms with E-state index in [1.54, 1.807) is 6.07 Å². The van der Waals surface area contributed by atoms with E-state index in [9.17, 15) is 9.50 Å². The Bertz CT molecular complexity index is 673. The molecule has 1 fully saturated rings. The highest BCUT2D eigenvalue weighted by Crippen LogP contribution is 2.32. The van der Waals surface area contributed by atoms with Gasteiger partial charge < -0.3 is 10.0 Å². The molecule has 3 rings (SSSR count). The largest absolute Gasteiger partial charge is 0.396 e. The van der Waals surface area contributed by atoms with E-state index in [0.717, 1.165) is 42.7 Å². The molecule has 1 aromatic heterocycles. The average molecular weight is 288 g/mol. The van der Waals surface area contributed by atoms with Crippen LogP contribution in [0.3, 0.4) is 0 Å². The third-order valence-corrected chi connectivity index (χ3v) is 4.45. The zero-order valence-electron chi connectivity index (χ0n) is 12.6. The number of aliphatic hydroxyl groups is 1. The van der Waals surface area contributed by atoms with E-state index < -0.39 is 0 Å². The Labute approximate surface area is 124 Å². The van der Waals surface area contributed by atoms with Crippen molar-refractivity contribution in [3.63, 3.8) is 0 Å². The van der Waals surface area contributed by atoms with Gasteiger partial charge in [0, 0.05) is 30.0 Å². The number of fused-ring (bicyclic) bond motifs is 1. The van der Waals surface area contributed by atoms with Crippen molar-refractivity contribution in [1.82, 2.24) is 4.98 Å². The third kappa shape index (κ3) is 2.72. The second kappa shape index (κ2) is 5.26. The first-order valence-corrected chi connectivity index (χ1v) is 7.43. The number of anilines is 1. The third-order valence-electron chi connectivity index (χ3n) is 4.45. The summed E-state index contributed by atoms with van der Waals surface area (Å²) in [5.74, 6) is 0.621. The number of aliphatic hydroxyl groups excluding tert-OH is 1. The predicted molar refractivity (Wildman–Crippen MR) is 83.1 cm³/mol. The molecule has 2 aromatic rings. The van der Waals surface area contributed by atoms with Crippen LogP contribution in [0.25, 0.3) is 10.9 Å². The second-order valence-electron chi connectivity index (χ2n) is 6.45. The Morgan fingerprint density at radius 3 is 2.95 bits per heavy atom. The fourth-order valence-electron chi connectivity index (χ4n) is 3.16. The Morgan fingerprint density at radius 1 is 1.38 bits per heavy atom. The molecule has 0 aliphatic carbocycles. The topological polar surface area (TPSA) is 36.4 Å². The minimum Gasteiger partial charge on any atom is -0.396 e. The lowest BCUT2D eigenvalue weighted by molar-refractivity contribution is 0.123. The molecule has 112 valence electrons. The van der Waals surface area contributed by atoms with Gasteiger partial charge in [-0.25, -0.2) is 9.37 Å². The molecule has 0 amide bonds. The summed E-state index contributed by atoms with van der Waals surface area (Å²) in [7, 11) is 0. The van der Waals surface area contributed by atoms with Gasteiger partial charge >= 0.3 is 0 Å². The van der Waals surface area contributed by atoms with Crippen LogP contribution in [0.2, 0.25) is 0 Å². The minimum atomic E-state index is -0.259. The van der Waals surface area contributed by atoms with Crippen LogP contribution in [0.4, 0.5) is 10.2 Å². The lowest BCUT2D eigenvalue weighted by atomic mass is 9.83. The molecule has 0 saturated carbocycles. The summed E-state index contributed by atoms with van der Waals surface area (Å²) >= 11 is 0. The molecule has 1 atom stereocenters. The number of hydrogen-bond acceptors (Lipinski definition) is 3. The van der Waals surface area contributed by atoms with Crippen molar-refractivity contribution in [1.29, 1.82) is 0 Å². The Hall–Kier alpha value is -1.68. The van der Waals surface area contributed by atoms with Crippen molar-refractivity contribution in [3.05, 3.63) is 35.6 Å². The number of halogens is 1. The molecule has 3 nitrogen and oxygen atoms in total. The number of aryl methyl sites for hydroxylation is 1. The molecule has 2 heterocycles. The zero-order chi connectivity index (χ0) is 15.0. The van der Waals surface area contributed by atoms with Gasteiger partial charge in [0.2, 0.25) is 0 Å². The van der Waals surface area contributed by atoms with E-state index >= 15 is 0 Å². The van der Waals surface area contributed by atoms with Crippen molar-refractivity contribution < 1.29 is 9.50 Å². The molecule has 1 N–H and O–H groups in total. The number of pyridine rings is 1. The molecule has 1 aliphatic heterocycles. The molecule has 1 saturated heterocycles. The molecule has 1 aliphatic rings. The van der Waals surface area contributed by atoms with Crippen LogP contribution in [0.1, 0.15) is 25.3 Å². The monoisotopic (exact) mass is 288 g/mol. The highest BCUT2D eigenvalue weighted by Gasteiger charge is 2.31. The molecule has 0 spiro atoms. The van der Waals surface area contributed by atoms with Crippen LogP contribution < -0.4 is 4.90 Å². The zero-order valence-corrected chi connectivity index (χ0v) is 12.6. The molecular weight excluding hydrogens is 267 g/mol. The fourth-order valence-corrected chi connectivity index (χ4v) is 3.16. The average Bonchev–Trinajstić information content (AvgIpc) is 2.46. The normalized spacial score (nSPS) is 22.8. The first-order valence-electron chi connectivity index (χ1n) is 7.43. The van der Waals surface area contributed by atoms with Crippen LogP contribution >= 0.6 is 0 Å². The summed E-state index contributed by atoms with van der Waals surface area (Å²) in [6, 6.07) is 6.80. The van der Waals surface area contributed by atoms with E-state index in [4.69, 9.17) is 0 Å². The maximum atomic E-state index is 13.4. The van der Waals surface area contributed by atoms with Gasteiger partial charge in [-0.15, -0.1) is 0 Å². The van der Waals surface area contributed by atoms with E-state index in [1.807, 2.05) is 6.92 Å². The lowest BCUT2D eigenvalue weighted by Gasteiger charge is -2.40. The van der Waals surface area contributed by atoms with Crippen LogP contribution in [0, 0.1) is 18.2 Å². The maximum Gasteiger partial charge on any atom is 0.129 e. The SMILES string of the molecule is Cc1cc(N2CCCC(C)(CO)C2)nc2cc(F)ccc12. The highest BCUT2D eigenvalue weighted by atomic mass is 19.1. The molecular formula is C17H21FN2O.